The second-order valence-electron chi connectivity index (χ2n) is 20.3. The van der Waals surface area contributed by atoms with E-state index in [1.807, 2.05) is 46.1 Å². The van der Waals surface area contributed by atoms with Gasteiger partial charge in [-0.05, 0) is 76.1 Å². The first-order valence-electron chi connectivity index (χ1n) is 24.9. The molecular formula is C52H62F2N10O5S. The number of rotatable bonds is 18. The molecule has 4 fully saturated rings. The first-order chi connectivity index (χ1) is 33.8. The number of carbonyl (C=O) groups excluding carboxylic acids is 4. The molecule has 5 aromatic rings. The number of carbonyl (C=O) groups is 4. The van der Waals surface area contributed by atoms with Gasteiger partial charge >= 0.3 is 0 Å². The van der Waals surface area contributed by atoms with Gasteiger partial charge < -0.3 is 30.5 Å². The van der Waals surface area contributed by atoms with Gasteiger partial charge in [-0.2, -0.15) is 10.2 Å². The lowest BCUT2D eigenvalue weighted by atomic mass is 9.83. The van der Waals surface area contributed by atoms with Crippen molar-refractivity contribution >= 4 is 40.5 Å². The second-order valence-corrected chi connectivity index (χ2v) is 21.1. The van der Waals surface area contributed by atoms with Gasteiger partial charge in [0.1, 0.15) is 22.5 Å². The van der Waals surface area contributed by atoms with Crippen molar-refractivity contribution in [3.05, 3.63) is 111 Å². The van der Waals surface area contributed by atoms with Crippen molar-refractivity contribution in [1.29, 1.82) is 0 Å². The van der Waals surface area contributed by atoms with Crippen LogP contribution in [0.2, 0.25) is 0 Å². The number of likely N-dealkylation sites (N-methyl/N-ethyl adjacent to an activating group) is 1. The summed E-state index contributed by atoms with van der Waals surface area (Å²) < 4.78 is 37.1. The van der Waals surface area contributed by atoms with Crippen LogP contribution >= 0.6 is 11.3 Å². The molecule has 370 valence electrons. The number of hydrogen-bond donors (Lipinski definition) is 4. The van der Waals surface area contributed by atoms with E-state index in [1.54, 1.807) is 44.6 Å². The minimum atomic E-state index is -2.75. The lowest BCUT2D eigenvalue weighted by Crippen LogP contribution is -2.55. The van der Waals surface area contributed by atoms with Gasteiger partial charge in [0.2, 0.25) is 17.6 Å². The Kier molecular flexibility index (Phi) is 13.5. The highest BCUT2D eigenvalue weighted by Gasteiger charge is 2.78. The Labute approximate surface area is 410 Å². The maximum atomic E-state index is 14.5. The molecule has 70 heavy (non-hydrogen) atoms. The topological polar surface area (TPSA) is 179 Å². The molecule has 6 atom stereocenters. The Morgan fingerprint density at radius 2 is 1.80 bits per heavy atom. The number of alkyl halides is 2. The van der Waals surface area contributed by atoms with Gasteiger partial charge in [-0.25, -0.2) is 13.8 Å². The molecule has 0 bridgehead atoms. The van der Waals surface area contributed by atoms with Crippen LogP contribution in [0.4, 0.5) is 14.5 Å². The number of hydrogen-bond acceptors (Lipinski definition) is 11. The highest BCUT2D eigenvalue weighted by atomic mass is 32.1. The van der Waals surface area contributed by atoms with Crippen molar-refractivity contribution in [2.24, 2.45) is 23.2 Å². The number of halogens is 2. The van der Waals surface area contributed by atoms with E-state index in [-0.39, 0.29) is 60.1 Å². The zero-order valence-corrected chi connectivity index (χ0v) is 40.8. The molecule has 15 nitrogen and oxygen atoms in total. The van der Waals surface area contributed by atoms with E-state index in [9.17, 15) is 28.0 Å². The summed E-state index contributed by atoms with van der Waals surface area (Å²) in [6, 6.07) is 16.0. The van der Waals surface area contributed by atoms with Crippen molar-refractivity contribution in [3.63, 3.8) is 0 Å². The van der Waals surface area contributed by atoms with Crippen LogP contribution in [0.1, 0.15) is 126 Å². The van der Waals surface area contributed by atoms with Crippen LogP contribution in [0.3, 0.4) is 0 Å². The molecule has 5 heterocycles. The maximum absolute atomic E-state index is 14.5. The van der Waals surface area contributed by atoms with E-state index in [0.717, 1.165) is 81.6 Å². The van der Waals surface area contributed by atoms with Crippen LogP contribution in [0, 0.1) is 23.2 Å². The van der Waals surface area contributed by atoms with Crippen LogP contribution in [0.5, 0.6) is 5.75 Å². The smallest absolute Gasteiger partial charge is 0.276 e. The highest BCUT2D eigenvalue weighted by molar-refractivity contribution is 7.10. The summed E-state index contributed by atoms with van der Waals surface area (Å²) in [5, 5.41) is 23.3. The zero-order chi connectivity index (χ0) is 48.7. The average Bonchev–Trinajstić information content (AvgIpc) is 4.12. The Hall–Kier alpha value is -5.85. The molecule has 2 aromatic carbocycles. The summed E-state index contributed by atoms with van der Waals surface area (Å²) in [4.78, 5) is 63.6. The number of anilines is 1. The van der Waals surface area contributed by atoms with Crippen LogP contribution in [0.15, 0.2) is 72.4 Å². The van der Waals surface area contributed by atoms with Crippen LogP contribution in [-0.4, -0.2) is 116 Å². The van der Waals surface area contributed by atoms with Gasteiger partial charge in [0.15, 0.2) is 5.69 Å². The molecule has 3 amide bonds. The Morgan fingerprint density at radius 3 is 2.59 bits per heavy atom. The van der Waals surface area contributed by atoms with Crippen molar-refractivity contribution in [2.75, 3.05) is 45.2 Å². The summed E-state index contributed by atoms with van der Waals surface area (Å²) in [6.45, 7) is 6.94. The van der Waals surface area contributed by atoms with Gasteiger partial charge in [-0.1, -0.05) is 68.7 Å². The standard InChI is InChI=1S/C52H62F2N10O5S/c1-31(55-3)47(66)59-43(32-13-6-4-7-14-32)50(68)63-21-11-19-41(63)49-58-40(30-70-49)46(65)34-17-10-18-37(23-34)69-22-12-20-62-27-35(28-62)45(33-15-8-5-9-16-33)64-29-36(26-56-64)57-48(67)44-38-24-42-51(2,52(42,53)54)25-39(38)60-61-44/h5,8-10,15-18,23,26,29-32,35,41-43,45,55H,4,6-7,11-14,19-22,24-25,27-28H2,1-3H3,(H,57,67)(H,59,66)(H,60,61)/t31-,41-,42-,43-,45+,51+/m0/s1. The number of aromatic nitrogens is 5. The van der Waals surface area contributed by atoms with E-state index in [2.05, 4.69) is 48.3 Å². The molecule has 2 saturated carbocycles. The Morgan fingerprint density at radius 1 is 1.00 bits per heavy atom. The Bertz CT molecular complexity index is 2710. The maximum Gasteiger partial charge on any atom is 0.276 e. The summed E-state index contributed by atoms with van der Waals surface area (Å²) in [6.07, 6.45) is 11.1. The number of fused-ring (bicyclic) bond motifs is 2. The summed E-state index contributed by atoms with van der Waals surface area (Å²) in [5.41, 5.74) is 2.67. The molecule has 0 unspecified atom stereocenters. The van der Waals surface area contributed by atoms with Gasteiger partial charge in [0.05, 0.1) is 36.6 Å². The third kappa shape index (κ3) is 9.29. The number of likely N-dealkylation sites (tertiary alicyclic amines) is 2. The van der Waals surface area contributed by atoms with Gasteiger partial charge in [0.25, 0.3) is 11.8 Å². The molecule has 2 saturated heterocycles. The van der Waals surface area contributed by atoms with E-state index >= 15 is 0 Å². The van der Waals surface area contributed by atoms with E-state index < -0.39 is 35.2 Å². The average molecular weight is 977 g/mol. The quantitative estimate of drug-likeness (QED) is 0.0517. The largest absolute Gasteiger partial charge is 0.494 e. The summed E-state index contributed by atoms with van der Waals surface area (Å²) in [5.74, 6) is -3.48. The molecule has 18 heteroatoms. The fourth-order valence-corrected chi connectivity index (χ4v) is 12.4. The SMILES string of the molecule is CN[C@@H](C)C(=O)N[C@H](C(=O)N1CCC[C@H]1c1nc(C(=O)c2cccc(OCCCN3CC([C@@H](c4ccccc4)n4cc(NC(=O)c5n[nH]c6c5C[C@@H]5C(F)(F)[C@]5(C)C6)cn4)C3)c2)cs1)C1CCCCC1. The monoisotopic (exact) mass is 976 g/mol. The predicted octanol–water partition coefficient (Wildman–Crippen LogP) is 7.24. The zero-order valence-electron chi connectivity index (χ0n) is 40.0. The predicted molar refractivity (Wildman–Crippen MR) is 260 cm³/mol. The Balaban J connectivity index is 0.713. The second kappa shape index (κ2) is 19.7. The summed E-state index contributed by atoms with van der Waals surface area (Å²) >= 11 is 1.40. The van der Waals surface area contributed by atoms with Gasteiger partial charge in [-0.3, -0.25) is 29.0 Å². The lowest BCUT2D eigenvalue weighted by Gasteiger charge is -2.43. The molecule has 0 spiro atoms. The third-order valence-electron chi connectivity index (χ3n) is 15.8. The molecule has 4 N–H and O–H groups in total. The van der Waals surface area contributed by atoms with E-state index in [4.69, 9.17) is 9.72 Å². The van der Waals surface area contributed by atoms with Gasteiger partial charge in [-0.15, -0.1) is 11.3 Å². The van der Waals surface area contributed by atoms with E-state index in [1.165, 1.54) is 11.3 Å². The molecule has 5 aliphatic rings. The fraction of sp³-hybridized carbons (Fsp3) is 0.519. The summed E-state index contributed by atoms with van der Waals surface area (Å²) in [7, 11) is 1.74. The van der Waals surface area contributed by atoms with Crippen LogP contribution in [0.25, 0.3) is 0 Å². The number of ether oxygens (including phenoxy) is 1. The normalized spacial score (nSPS) is 23.4. The van der Waals surface area contributed by atoms with Crippen molar-refractivity contribution in [3.8, 4) is 5.75 Å². The third-order valence-corrected chi connectivity index (χ3v) is 16.7. The van der Waals surface area contributed by atoms with Crippen LogP contribution < -0.4 is 20.7 Å². The number of ketones is 1. The molecule has 3 aliphatic carbocycles. The molecule has 3 aromatic heterocycles. The number of nitrogens with one attached hydrogen (secondary N) is 4. The first kappa shape index (κ1) is 47.8. The number of H-pyrrole nitrogens is 1. The molecule has 0 radical (unpaired) electrons. The lowest BCUT2D eigenvalue weighted by molar-refractivity contribution is -0.139. The number of amides is 3. The van der Waals surface area contributed by atoms with Crippen LogP contribution in [-0.2, 0) is 22.4 Å². The fourth-order valence-electron chi connectivity index (χ4n) is 11.4. The molecule has 10 rings (SSSR count). The van der Waals surface area contributed by atoms with E-state index in [0.29, 0.717) is 47.1 Å². The van der Waals surface area contributed by atoms with Gasteiger partial charge in [0, 0.05) is 78.2 Å². The van der Waals surface area contributed by atoms with Crippen molar-refractivity contribution in [1.82, 2.24) is 45.4 Å². The molecule has 2 aliphatic heterocycles. The number of benzene rings is 2. The van der Waals surface area contributed by atoms with Crippen molar-refractivity contribution < 1.29 is 32.7 Å². The minimum Gasteiger partial charge on any atom is -0.494 e. The minimum absolute atomic E-state index is 0.0608. The number of nitrogens with zero attached hydrogens (tertiary/aromatic N) is 6. The first-order valence-corrected chi connectivity index (χ1v) is 25.8. The highest BCUT2D eigenvalue weighted by Crippen LogP contribution is 2.70. The number of aromatic amines is 1. The number of thiazole rings is 1. The molecular weight excluding hydrogens is 915 g/mol. The van der Waals surface area contributed by atoms with Crippen molar-refractivity contribution in [2.45, 2.75) is 108 Å².